The van der Waals surface area contributed by atoms with Gasteiger partial charge in [-0.05, 0) is 24.1 Å². The summed E-state index contributed by atoms with van der Waals surface area (Å²) in [5.74, 6) is 4.20. The summed E-state index contributed by atoms with van der Waals surface area (Å²) >= 11 is 6.12. The number of nitrogens with two attached hydrogens (primary N) is 1. The van der Waals surface area contributed by atoms with Crippen LogP contribution in [0.5, 0.6) is 0 Å². The summed E-state index contributed by atoms with van der Waals surface area (Å²) in [5, 5.41) is 4.54. The molecule has 1 heterocycles. The Balaban J connectivity index is 2.49. The average Bonchev–Trinajstić information content (AvgIpc) is 2.72. The molecule has 0 radical (unpaired) electrons. The van der Waals surface area contributed by atoms with Crippen LogP contribution in [0.1, 0.15) is 30.6 Å². The lowest BCUT2D eigenvalue weighted by Gasteiger charge is -2.19. The molecule has 2 aromatic rings. The van der Waals surface area contributed by atoms with Crippen molar-refractivity contribution in [2.24, 2.45) is 5.84 Å². The van der Waals surface area contributed by atoms with Gasteiger partial charge in [0.1, 0.15) is 11.6 Å². The second-order valence-corrected chi connectivity index (χ2v) is 4.81. The molecule has 1 aromatic heterocycles. The Morgan fingerprint density at radius 1 is 1.35 bits per heavy atom. The standard InChI is InChI=1S/C13H15ClF2N4/c1-2-3-20-13(11(14)7-18-20)12(19-17)8-4-9(15)6-10(16)5-8/h4-7,12,19H,2-3,17H2,1H3. The van der Waals surface area contributed by atoms with Gasteiger partial charge in [0.25, 0.3) is 0 Å². The first-order valence-electron chi connectivity index (χ1n) is 6.20. The summed E-state index contributed by atoms with van der Waals surface area (Å²) in [6.07, 6.45) is 2.34. The molecule has 7 heteroatoms. The minimum atomic E-state index is -0.669. The molecule has 1 atom stereocenters. The van der Waals surface area contributed by atoms with Crippen LogP contribution in [0, 0.1) is 11.6 Å². The normalized spacial score (nSPS) is 12.7. The average molecular weight is 301 g/mol. The first kappa shape index (κ1) is 14.9. The van der Waals surface area contributed by atoms with Crippen LogP contribution in [0.25, 0.3) is 0 Å². The number of nitrogens with one attached hydrogen (secondary N) is 1. The Morgan fingerprint density at radius 2 is 2.00 bits per heavy atom. The molecule has 0 amide bonds. The maximum atomic E-state index is 13.4. The third-order valence-corrected chi connectivity index (χ3v) is 3.22. The molecular weight excluding hydrogens is 286 g/mol. The van der Waals surface area contributed by atoms with Crippen molar-refractivity contribution in [3.8, 4) is 0 Å². The van der Waals surface area contributed by atoms with E-state index in [1.165, 1.54) is 18.3 Å². The van der Waals surface area contributed by atoms with E-state index in [1.54, 1.807) is 4.68 Å². The van der Waals surface area contributed by atoms with E-state index in [1.807, 2.05) is 6.92 Å². The van der Waals surface area contributed by atoms with Crippen LogP contribution in [0.15, 0.2) is 24.4 Å². The predicted octanol–water partition coefficient (Wildman–Crippen LogP) is 2.78. The zero-order valence-electron chi connectivity index (χ0n) is 10.9. The lowest BCUT2D eigenvalue weighted by Crippen LogP contribution is -2.31. The van der Waals surface area contributed by atoms with Gasteiger partial charge in [0.05, 0.1) is 23.0 Å². The molecule has 0 bridgehead atoms. The number of aryl methyl sites for hydroxylation is 1. The highest BCUT2D eigenvalue weighted by atomic mass is 35.5. The summed E-state index contributed by atoms with van der Waals surface area (Å²) < 4.78 is 28.4. The molecule has 0 aliphatic heterocycles. The summed E-state index contributed by atoms with van der Waals surface area (Å²) in [6.45, 7) is 2.63. The zero-order chi connectivity index (χ0) is 14.7. The molecule has 0 saturated carbocycles. The van der Waals surface area contributed by atoms with E-state index < -0.39 is 17.7 Å². The lowest BCUT2D eigenvalue weighted by molar-refractivity contribution is 0.514. The fourth-order valence-electron chi connectivity index (χ4n) is 2.12. The van der Waals surface area contributed by atoms with Gasteiger partial charge in [-0.2, -0.15) is 5.10 Å². The zero-order valence-corrected chi connectivity index (χ0v) is 11.7. The lowest BCUT2D eigenvalue weighted by atomic mass is 10.0. The molecule has 0 saturated heterocycles. The number of hydrogen-bond acceptors (Lipinski definition) is 3. The van der Waals surface area contributed by atoms with Gasteiger partial charge in [0.2, 0.25) is 0 Å². The van der Waals surface area contributed by atoms with Gasteiger partial charge in [0, 0.05) is 12.6 Å². The van der Waals surface area contributed by atoms with Crippen molar-refractivity contribution >= 4 is 11.6 Å². The third-order valence-electron chi connectivity index (χ3n) is 2.93. The maximum Gasteiger partial charge on any atom is 0.126 e. The number of benzene rings is 1. The van der Waals surface area contributed by atoms with E-state index in [2.05, 4.69) is 10.5 Å². The summed E-state index contributed by atoms with van der Waals surface area (Å²) in [5.41, 5.74) is 3.47. The molecule has 4 nitrogen and oxygen atoms in total. The van der Waals surface area contributed by atoms with Crippen molar-refractivity contribution in [2.75, 3.05) is 0 Å². The van der Waals surface area contributed by atoms with Crippen molar-refractivity contribution in [3.05, 3.63) is 52.3 Å². The quantitative estimate of drug-likeness (QED) is 0.659. The second-order valence-electron chi connectivity index (χ2n) is 4.40. The van der Waals surface area contributed by atoms with Crippen molar-refractivity contribution in [2.45, 2.75) is 25.9 Å². The topological polar surface area (TPSA) is 55.9 Å². The molecule has 0 aliphatic rings. The SMILES string of the molecule is CCCn1ncc(Cl)c1C(NN)c1cc(F)cc(F)c1. The Hall–Kier alpha value is -1.50. The third kappa shape index (κ3) is 2.98. The van der Waals surface area contributed by atoms with Gasteiger partial charge in [-0.3, -0.25) is 10.5 Å². The number of hydrogen-bond donors (Lipinski definition) is 2. The van der Waals surface area contributed by atoms with Crippen molar-refractivity contribution in [3.63, 3.8) is 0 Å². The molecular formula is C13H15ClF2N4. The first-order chi connectivity index (χ1) is 9.56. The van der Waals surface area contributed by atoms with Crippen molar-refractivity contribution in [1.29, 1.82) is 0 Å². The monoisotopic (exact) mass is 300 g/mol. The first-order valence-corrected chi connectivity index (χ1v) is 6.58. The van der Waals surface area contributed by atoms with Gasteiger partial charge in [-0.15, -0.1) is 0 Å². The Morgan fingerprint density at radius 3 is 2.55 bits per heavy atom. The highest BCUT2D eigenvalue weighted by Crippen LogP contribution is 2.28. The van der Waals surface area contributed by atoms with Gasteiger partial charge in [-0.1, -0.05) is 18.5 Å². The second kappa shape index (κ2) is 6.30. The number of aromatic nitrogens is 2. The molecule has 3 N–H and O–H groups in total. The number of hydrazine groups is 1. The summed E-state index contributed by atoms with van der Waals surface area (Å²) in [4.78, 5) is 0. The summed E-state index contributed by atoms with van der Waals surface area (Å²) in [6, 6.07) is 2.60. The van der Waals surface area contributed by atoms with E-state index >= 15 is 0 Å². The highest BCUT2D eigenvalue weighted by Gasteiger charge is 2.22. The van der Waals surface area contributed by atoms with Gasteiger partial charge >= 0.3 is 0 Å². The predicted molar refractivity (Wildman–Crippen MR) is 73.1 cm³/mol. The Bertz CT molecular complexity index is 580. The Kier molecular flexibility index (Phi) is 4.69. The molecule has 20 heavy (non-hydrogen) atoms. The van der Waals surface area contributed by atoms with E-state index in [0.29, 0.717) is 22.8 Å². The molecule has 108 valence electrons. The van der Waals surface area contributed by atoms with Crippen LogP contribution in [0.3, 0.4) is 0 Å². The van der Waals surface area contributed by atoms with E-state index in [0.717, 1.165) is 12.5 Å². The fraction of sp³-hybridized carbons (Fsp3) is 0.308. The molecule has 0 spiro atoms. The number of halogens is 3. The Labute approximate surface area is 120 Å². The van der Waals surface area contributed by atoms with E-state index in [-0.39, 0.29) is 0 Å². The number of nitrogens with zero attached hydrogens (tertiary/aromatic N) is 2. The van der Waals surface area contributed by atoms with E-state index in [4.69, 9.17) is 17.4 Å². The van der Waals surface area contributed by atoms with Crippen LogP contribution < -0.4 is 11.3 Å². The smallest absolute Gasteiger partial charge is 0.126 e. The molecule has 0 aliphatic carbocycles. The highest BCUT2D eigenvalue weighted by molar-refractivity contribution is 6.31. The minimum absolute atomic E-state index is 0.352. The van der Waals surface area contributed by atoms with Gasteiger partial charge < -0.3 is 0 Å². The van der Waals surface area contributed by atoms with Crippen LogP contribution in [0.4, 0.5) is 8.78 Å². The minimum Gasteiger partial charge on any atom is -0.271 e. The van der Waals surface area contributed by atoms with Crippen molar-refractivity contribution < 1.29 is 8.78 Å². The van der Waals surface area contributed by atoms with Gasteiger partial charge in [0.15, 0.2) is 0 Å². The van der Waals surface area contributed by atoms with Crippen molar-refractivity contribution in [1.82, 2.24) is 15.2 Å². The van der Waals surface area contributed by atoms with Crippen LogP contribution in [0.2, 0.25) is 5.02 Å². The van der Waals surface area contributed by atoms with Crippen LogP contribution in [-0.4, -0.2) is 9.78 Å². The summed E-state index contributed by atoms with van der Waals surface area (Å²) in [7, 11) is 0. The molecule has 1 unspecified atom stereocenters. The fourth-order valence-corrected chi connectivity index (χ4v) is 2.37. The number of rotatable bonds is 5. The molecule has 0 fully saturated rings. The maximum absolute atomic E-state index is 13.4. The molecule has 1 aromatic carbocycles. The van der Waals surface area contributed by atoms with Crippen LogP contribution in [-0.2, 0) is 6.54 Å². The van der Waals surface area contributed by atoms with E-state index in [9.17, 15) is 8.78 Å². The van der Waals surface area contributed by atoms with Gasteiger partial charge in [-0.25, -0.2) is 14.2 Å². The molecule has 2 rings (SSSR count). The largest absolute Gasteiger partial charge is 0.271 e. The van der Waals surface area contributed by atoms with Crippen LogP contribution >= 0.6 is 11.6 Å².